The van der Waals surface area contributed by atoms with Gasteiger partial charge in [0.1, 0.15) is 0 Å². The Kier molecular flexibility index (Phi) is 3.66. The number of rotatable bonds is 2. The van der Waals surface area contributed by atoms with Crippen LogP contribution in [0.2, 0.25) is 0 Å². The second-order valence-corrected chi connectivity index (χ2v) is 6.58. The van der Waals surface area contributed by atoms with Crippen molar-refractivity contribution in [1.29, 1.82) is 5.26 Å². The average Bonchev–Trinajstić information content (AvgIpc) is 2.25. The van der Waals surface area contributed by atoms with Gasteiger partial charge in [0.2, 0.25) is 0 Å². The fraction of sp³-hybridized carbons (Fsp3) is 0.562. The van der Waals surface area contributed by atoms with E-state index in [0.29, 0.717) is 5.56 Å². The summed E-state index contributed by atoms with van der Waals surface area (Å²) >= 11 is 0. The standard InChI is InChI=1S/C16H22N2O/c1-15(2)11-18(12-16(3,4)19-15)10-14-7-5-13(9-17)6-8-14/h5-8H,10-12H2,1-4H3. The average molecular weight is 258 g/mol. The molecule has 0 unspecified atom stereocenters. The van der Waals surface area contributed by atoms with Gasteiger partial charge in [-0.2, -0.15) is 5.26 Å². The SMILES string of the molecule is CC1(C)CN(Cc2ccc(C#N)cc2)CC(C)(C)O1. The molecule has 0 spiro atoms. The number of hydrogen-bond donors (Lipinski definition) is 0. The van der Waals surface area contributed by atoms with Crippen LogP contribution in [0.5, 0.6) is 0 Å². The van der Waals surface area contributed by atoms with E-state index in [-0.39, 0.29) is 11.2 Å². The zero-order chi connectivity index (χ0) is 14.1. The van der Waals surface area contributed by atoms with Crippen molar-refractivity contribution in [3.05, 3.63) is 35.4 Å². The molecule has 0 aliphatic carbocycles. The molecular weight excluding hydrogens is 236 g/mol. The summed E-state index contributed by atoms with van der Waals surface area (Å²) in [5, 5.41) is 8.81. The smallest absolute Gasteiger partial charge is 0.0991 e. The van der Waals surface area contributed by atoms with Crippen molar-refractivity contribution in [2.24, 2.45) is 0 Å². The second-order valence-electron chi connectivity index (χ2n) is 6.58. The van der Waals surface area contributed by atoms with Gasteiger partial charge < -0.3 is 4.74 Å². The van der Waals surface area contributed by atoms with Crippen LogP contribution in [0, 0.1) is 11.3 Å². The van der Waals surface area contributed by atoms with Crippen molar-refractivity contribution >= 4 is 0 Å². The van der Waals surface area contributed by atoms with Crippen LogP contribution in [-0.2, 0) is 11.3 Å². The third kappa shape index (κ3) is 3.79. The molecular formula is C16H22N2O. The predicted molar refractivity (Wildman–Crippen MR) is 75.7 cm³/mol. The summed E-state index contributed by atoms with van der Waals surface area (Å²) in [6, 6.07) is 9.98. The minimum absolute atomic E-state index is 0.117. The first-order valence-corrected chi connectivity index (χ1v) is 6.71. The topological polar surface area (TPSA) is 36.3 Å². The maximum absolute atomic E-state index is 8.81. The molecule has 1 saturated heterocycles. The van der Waals surface area contributed by atoms with E-state index < -0.39 is 0 Å². The lowest BCUT2D eigenvalue weighted by Crippen LogP contribution is -2.56. The van der Waals surface area contributed by atoms with E-state index in [9.17, 15) is 0 Å². The van der Waals surface area contributed by atoms with Gasteiger partial charge in [0, 0.05) is 19.6 Å². The Morgan fingerprint density at radius 1 is 1.11 bits per heavy atom. The number of morpholine rings is 1. The van der Waals surface area contributed by atoms with Gasteiger partial charge in [0.05, 0.1) is 22.8 Å². The molecule has 1 heterocycles. The molecule has 19 heavy (non-hydrogen) atoms. The molecule has 0 amide bonds. The molecule has 1 aromatic carbocycles. The molecule has 0 radical (unpaired) electrons. The molecule has 3 nitrogen and oxygen atoms in total. The highest BCUT2D eigenvalue weighted by molar-refractivity contribution is 5.31. The van der Waals surface area contributed by atoms with Crippen molar-refractivity contribution < 1.29 is 4.74 Å². The van der Waals surface area contributed by atoms with E-state index in [1.807, 2.05) is 24.3 Å². The van der Waals surface area contributed by atoms with Crippen molar-refractivity contribution in [2.75, 3.05) is 13.1 Å². The molecule has 0 N–H and O–H groups in total. The van der Waals surface area contributed by atoms with E-state index >= 15 is 0 Å². The molecule has 0 atom stereocenters. The fourth-order valence-corrected chi connectivity index (χ4v) is 3.00. The van der Waals surface area contributed by atoms with Crippen molar-refractivity contribution in [2.45, 2.75) is 45.4 Å². The summed E-state index contributed by atoms with van der Waals surface area (Å²) in [6.45, 7) is 11.3. The highest BCUT2D eigenvalue weighted by atomic mass is 16.5. The van der Waals surface area contributed by atoms with Crippen molar-refractivity contribution in [1.82, 2.24) is 4.90 Å². The Morgan fingerprint density at radius 3 is 2.11 bits per heavy atom. The minimum atomic E-state index is -0.117. The third-order valence-corrected chi connectivity index (χ3v) is 3.25. The summed E-state index contributed by atoms with van der Waals surface area (Å²) in [4.78, 5) is 2.42. The highest BCUT2D eigenvalue weighted by Crippen LogP contribution is 2.28. The molecule has 2 rings (SSSR count). The molecule has 0 bridgehead atoms. The molecule has 0 saturated carbocycles. The van der Waals surface area contributed by atoms with E-state index in [4.69, 9.17) is 10.00 Å². The predicted octanol–water partition coefficient (Wildman–Crippen LogP) is 2.95. The van der Waals surface area contributed by atoms with Crippen LogP contribution in [-0.4, -0.2) is 29.2 Å². The summed E-state index contributed by atoms with van der Waals surface area (Å²) in [6.07, 6.45) is 0. The Balaban J connectivity index is 2.07. The summed E-state index contributed by atoms with van der Waals surface area (Å²) in [7, 11) is 0. The number of hydrogen-bond acceptors (Lipinski definition) is 3. The molecule has 1 fully saturated rings. The van der Waals surface area contributed by atoms with Gasteiger partial charge in [0.15, 0.2) is 0 Å². The van der Waals surface area contributed by atoms with Crippen LogP contribution in [0.4, 0.5) is 0 Å². The Labute approximate surface area is 115 Å². The lowest BCUT2D eigenvalue weighted by atomic mass is 9.98. The van der Waals surface area contributed by atoms with Crippen molar-refractivity contribution in [3.8, 4) is 6.07 Å². The molecule has 3 heteroatoms. The molecule has 102 valence electrons. The number of nitrogens with zero attached hydrogens (tertiary/aromatic N) is 2. The summed E-state index contributed by atoms with van der Waals surface area (Å²) < 4.78 is 6.08. The number of benzene rings is 1. The number of nitriles is 1. The Hall–Kier alpha value is -1.37. The first-order chi connectivity index (χ1) is 8.80. The van der Waals surface area contributed by atoms with Crippen LogP contribution in [0.3, 0.4) is 0 Å². The first-order valence-electron chi connectivity index (χ1n) is 6.71. The monoisotopic (exact) mass is 258 g/mol. The molecule has 1 aromatic rings. The molecule has 1 aliphatic rings. The van der Waals surface area contributed by atoms with Crippen LogP contribution >= 0.6 is 0 Å². The molecule has 0 aromatic heterocycles. The van der Waals surface area contributed by atoms with Gasteiger partial charge in [-0.1, -0.05) is 12.1 Å². The van der Waals surface area contributed by atoms with Crippen LogP contribution in [0.25, 0.3) is 0 Å². The maximum Gasteiger partial charge on any atom is 0.0991 e. The third-order valence-electron chi connectivity index (χ3n) is 3.25. The van der Waals surface area contributed by atoms with Gasteiger partial charge in [0.25, 0.3) is 0 Å². The van der Waals surface area contributed by atoms with E-state index in [1.54, 1.807) is 0 Å². The fourth-order valence-electron chi connectivity index (χ4n) is 3.00. The van der Waals surface area contributed by atoms with E-state index in [2.05, 4.69) is 38.7 Å². The minimum Gasteiger partial charge on any atom is -0.367 e. The van der Waals surface area contributed by atoms with Crippen LogP contribution in [0.1, 0.15) is 38.8 Å². The number of ether oxygens (including phenoxy) is 1. The second kappa shape index (κ2) is 4.96. The molecule has 1 aliphatic heterocycles. The van der Waals surface area contributed by atoms with Gasteiger partial charge in [-0.3, -0.25) is 4.90 Å². The lowest BCUT2D eigenvalue weighted by molar-refractivity contribution is -0.182. The van der Waals surface area contributed by atoms with E-state index in [1.165, 1.54) is 5.56 Å². The maximum atomic E-state index is 8.81. The Morgan fingerprint density at radius 2 is 1.63 bits per heavy atom. The van der Waals surface area contributed by atoms with E-state index in [0.717, 1.165) is 19.6 Å². The first kappa shape index (κ1) is 14.0. The zero-order valence-electron chi connectivity index (χ0n) is 12.2. The van der Waals surface area contributed by atoms with Gasteiger partial charge in [-0.25, -0.2) is 0 Å². The van der Waals surface area contributed by atoms with Crippen LogP contribution in [0.15, 0.2) is 24.3 Å². The quantitative estimate of drug-likeness (QED) is 0.818. The zero-order valence-corrected chi connectivity index (χ0v) is 12.2. The Bertz CT molecular complexity index is 466. The van der Waals surface area contributed by atoms with Crippen molar-refractivity contribution in [3.63, 3.8) is 0 Å². The summed E-state index contributed by atoms with van der Waals surface area (Å²) in [5.74, 6) is 0. The van der Waals surface area contributed by atoms with Gasteiger partial charge in [-0.15, -0.1) is 0 Å². The van der Waals surface area contributed by atoms with Gasteiger partial charge in [-0.05, 0) is 45.4 Å². The highest BCUT2D eigenvalue weighted by Gasteiger charge is 2.37. The normalized spacial score (nSPS) is 21.8. The van der Waals surface area contributed by atoms with Gasteiger partial charge >= 0.3 is 0 Å². The van der Waals surface area contributed by atoms with Crippen LogP contribution < -0.4 is 0 Å². The summed E-state index contributed by atoms with van der Waals surface area (Å²) in [5.41, 5.74) is 1.72. The lowest BCUT2D eigenvalue weighted by Gasteiger charge is -2.47. The largest absolute Gasteiger partial charge is 0.367 e.